The average molecular weight is 1270 g/mol. The van der Waals surface area contributed by atoms with E-state index in [4.69, 9.17) is 37.0 Å². The van der Waals surface area contributed by atoms with Gasteiger partial charge in [-0.05, 0) is 49.4 Å². The molecule has 0 radical (unpaired) electrons. The second-order valence-corrected chi connectivity index (χ2v) is 28.8. The Labute approximate surface area is 524 Å². The molecule has 0 fully saturated rings. The van der Waals surface area contributed by atoms with Gasteiger partial charge in [-0.25, -0.2) is 9.13 Å². The van der Waals surface area contributed by atoms with Crippen molar-refractivity contribution in [3.8, 4) is 0 Å². The SMILES string of the molecule is CCC(C)CCCCCCCCC(=O)OC[C@H](COP(=O)(O)OC[C@H](O)COP(=O)(O)OC[C@@H](COC(=O)CCCCCCCCCCCC(C)C)OC(=O)CCCCCCCCCCCC(C)C)OC(=O)CCCCCCCCCCCC(C)C. The summed E-state index contributed by atoms with van der Waals surface area (Å²) in [6.45, 7) is 14.0. The molecule has 86 heavy (non-hydrogen) atoms. The lowest BCUT2D eigenvalue weighted by Gasteiger charge is -2.21. The molecule has 3 N–H and O–H groups in total. The molecule has 6 atom stereocenters. The monoisotopic (exact) mass is 1270 g/mol. The summed E-state index contributed by atoms with van der Waals surface area (Å²) >= 11 is 0. The van der Waals surface area contributed by atoms with Gasteiger partial charge in [0.15, 0.2) is 12.2 Å². The maximum absolute atomic E-state index is 13.0. The summed E-state index contributed by atoms with van der Waals surface area (Å²) < 4.78 is 68.1. The van der Waals surface area contributed by atoms with Crippen LogP contribution < -0.4 is 0 Å². The minimum Gasteiger partial charge on any atom is -0.462 e. The van der Waals surface area contributed by atoms with Gasteiger partial charge in [0.05, 0.1) is 26.4 Å². The third kappa shape index (κ3) is 59.7. The summed E-state index contributed by atoms with van der Waals surface area (Å²) in [6.07, 6.45) is 37.6. The second-order valence-electron chi connectivity index (χ2n) is 25.9. The number of aliphatic hydroxyl groups excluding tert-OH is 1. The van der Waals surface area contributed by atoms with Crippen LogP contribution in [-0.2, 0) is 65.4 Å². The third-order valence-electron chi connectivity index (χ3n) is 15.7. The second kappa shape index (κ2) is 57.0. The summed E-state index contributed by atoms with van der Waals surface area (Å²) in [6, 6.07) is 0. The first-order valence-electron chi connectivity index (χ1n) is 34.7. The summed E-state index contributed by atoms with van der Waals surface area (Å²) in [7, 11) is -9.90. The fourth-order valence-electron chi connectivity index (χ4n) is 9.93. The van der Waals surface area contributed by atoms with Crippen molar-refractivity contribution in [2.24, 2.45) is 23.7 Å². The van der Waals surface area contributed by atoms with Gasteiger partial charge in [-0.15, -0.1) is 0 Å². The van der Waals surface area contributed by atoms with Crippen LogP contribution in [0.15, 0.2) is 0 Å². The van der Waals surface area contributed by atoms with E-state index < -0.39 is 97.5 Å². The fourth-order valence-corrected chi connectivity index (χ4v) is 11.5. The Hall–Kier alpha value is -1.94. The van der Waals surface area contributed by atoms with Crippen LogP contribution in [0.25, 0.3) is 0 Å². The lowest BCUT2D eigenvalue weighted by Crippen LogP contribution is -2.30. The van der Waals surface area contributed by atoms with E-state index in [0.29, 0.717) is 25.7 Å². The molecule has 0 aromatic rings. The van der Waals surface area contributed by atoms with Gasteiger partial charge >= 0.3 is 39.5 Å². The summed E-state index contributed by atoms with van der Waals surface area (Å²) in [5.74, 6) is 0.812. The van der Waals surface area contributed by atoms with E-state index in [2.05, 4.69) is 55.4 Å². The quantitative estimate of drug-likeness (QED) is 0.0222. The average Bonchev–Trinajstić information content (AvgIpc) is 3.52. The van der Waals surface area contributed by atoms with Crippen molar-refractivity contribution in [3.63, 3.8) is 0 Å². The lowest BCUT2D eigenvalue weighted by atomic mass is 10.00. The minimum absolute atomic E-state index is 0.104. The zero-order chi connectivity index (χ0) is 63.9. The number of phosphoric ester groups is 2. The number of carbonyl (C=O) groups is 4. The van der Waals surface area contributed by atoms with E-state index in [0.717, 1.165) is 120 Å². The van der Waals surface area contributed by atoms with Crippen molar-refractivity contribution in [1.29, 1.82) is 0 Å². The Morgan fingerprint density at radius 1 is 0.326 bits per heavy atom. The van der Waals surface area contributed by atoms with Crippen LogP contribution in [0.5, 0.6) is 0 Å². The third-order valence-corrected chi connectivity index (χ3v) is 17.6. The predicted molar refractivity (Wildman–Crippen MR) is 344 cm³/mol. The van der Waals surface area contributed by atoms with Crippen molar-refractivity contribution in [3.05, 3.63) is 0 Å². The molecule has 0 heterocycles. The molecular weight excluding hydrogens is 1140 g/mol. The first kappa shape index (κ1) is 84.1. The van der Waals surface area contributed by atoms with Gasteiger partial charge in [-0.3, -0.25) is 37.3 Å². The molecule has 510 valence electrons. The predicted octanol–water partition coefficient (Wildman–Crippen LogP) is 18.5. The highest BCUT2D eigenvalue weighted by atomic mass is 31.2. The zero-order valence-corrected chi connectivity index (χ0v) is 57.7. The number of carbonyl (C=O) groups excluding carboxylic acids is 4. The van der Waals surface area contributed by atoms with E-state index in [1.54, 1.807) is 0 Å². The molecule has 0 saturated heterocycles. The van der Waals surface area contributed by atoms with Crippen LogP contribution >= 0.6 is 15.6 Å². The molecule has 17 nitrogen and oxygen atoms in total. The maximum atomic E-state index is 13.0. The summed E-state index contributed by atoms with van der Waals surface area (Å²) in [4.78, 5) is 72.4. The van der Waals surface area contributed by atoms with Crippen LogP contribution in [0.3, 0.4) is 0 Å². The first-order chi connectivity index (χ1) is 41.1. The van der Waals surface area contributed by atoms with Crippen molar-refractivity contribution >= 4 is 39.5 Å². The van der Waals surface area contributed by atoms with E-state index >= 15 is 0 Å². The molecule has 0 spiro atoms. The number of hydrogen-bond acceptors (Lipinski definition) is 15. The molecule has 0 aliphatic carbocycles. The van der Waals surface area contributed by atoms with Gasteiger partial charge in [0.1, 0.15) is 19.3 Å². The number of hydrogen-bond donors (Lipinski definition) is 3. The van der Waals surface area contributed by atoms with Gasteiger partial charge in [0.2, 0.25) is 0 Å². The van der Waals surface area contributed by atoms with Gasteiger partial charge in [0, 0.05) is 25.7 Å². The maximum Gasteiger partial charge on any atom is 0.472 e. The largest absolute Gasteiger partial charge is 0.472 e. The standard InChI is InChI=1S/C67H130O17P2/c1-9-60(8)46-38-30-25-26-32-40-48-65(70)78-54-63(84-67(72)50-42-34-24-18-12-15-21-29-37-45-59(6)7)56-82-86(75,76)80-52-61(68)51-79-85(73,74)81-55-62(83-66(71)49-41-33-23-17-11-14-20-28-36-44-58(4)5)53-77-64(69)47-39-31-22-16-10-13-19-27-35-43-57(2)3/h57-63,68H,9-56H2,1-8H3,(H,73,74)(H,75,76)/t60?,61-,62-,63-/m1/s1. The molecular formula is C67H130O17P2. The number of esters is 4. The van der Waals surface area contributed by atoms with Crippen molar-refractivity contribution < 1.29 is 80.2 Å². The van der Waals surface area contributed by atoms with Crippen LogP contribution in [0.1, 0.15) is 325 Å². The van der Waals surface area contributed by atoms with Crippen molar-refractivity contribution in [2.75, 3.05) is 39.6 Å². The number of aliphatic hydroxyl groups is 1. The number of phosphoric acid groups is 2. The first-order valence-corrected chi connectivity index (χ1v) is 37.7. The van der Waals surface area contributed by atoms with E-state index in [1.165, 1.54) is 122 Å². The summed E-state index contributed by atoms with van der Waals surface area (Å²) in [5, 5.41) is 10.6. The minimum atomic E-state index is -4.95. The summed E-state index contributed by atoms with van der Waals surface area (Å²) in [5.41, 5.74) is 0. The topological polar surface area (TPSA) is 237 Å². The highest BCUT2D eigenvalue weighted by Crippen LogP contribution is 2.45. The van der Waals surface area contributed by atoms with E-state index in [9.17, 15) is 43.2 Å². The number of unbranched alkanes of at least 4 members (excludes halogenated alkanes) is 29. The smallest absolute Gasteiger partial charge is 0.462 e. The van der Waals surface area contributed by atoms with E-state index in [-0.39, 0.29) is 25.7 Å². The number of ether oxygens (including phenoxy) is 4. The van der Waals surface area contributed by atoms with Gasteiger partial charge in [-0.2, -0.15) is 0 Å². The molecule has 0 rings (SSSR count). The van der Waals surface area contributed by atoms with Crippen LogP contribution in [0.4, 0.5) is 0 Å². The molecule has 0 amide bonds. The van der Waals surface area contributed by atoms with Gasteiger partial charge in [-0.1, -0.05) is 274 Å². The lowest BCUT2D eigenvalue weighted by molar-refractivity contribution is -0.161. The van der Waals surface area contributed by atoms with Crippen molar-refractivity contribution in [1.82, 2.24) is 0 Å². The Kier molecular flexibility index (Phi) is 55.7. The Morgan fingerprint density at radius 2 is 0.558 bits per heavy atom. The highest BCUT2D eigenvalue weighted by Gasteiger charge is 2.30. The fraction of sp³-hybridized carbons (Fsp3) is 0.940. The van der Waals surface area contributed by atoms with Crippen LogP contribution in [0, 0.1) is 23.7 Å². The molecule has 0 aromatic carbocycles. The highest BCUT2D eigenvalue weighted by molar-refractivity contribution is 7.47. The van der Waals surface area contributed by atoms with Crippen LogP contribution in [-0.4, -0.2) is 96.7 Å². The van der Waals surface area contributed by atoms with E-state index in [1.807, 2.05) is 0 Å². The van der Waals surface area contributed by atoms with Gasteiger partial charge < -0.3 is 33.8 Å². The molecule has 0 saturated carbocycles. The molecule has 0 aliphatic rings. The Bertz CT molecular complexity index is 1720. The molecule has 19 heteroatoms. The Balaban J connectivity index is 5.27. The molecule has 0 aliphatic heterocycles. The number of rotatable bonds is 64. The Morgan fingerprint density at radius 3 is 0.826 bits per heavy atom. The van der Waals surface area contributed by atoms with Crippen molar-refractivity contribution in [2.45, 2.75) is 343 Å². The molecule has 0 bridgehead atoms. The normalized spacial score (nSPS) is 14.7. The zero-order valence-electron chi connectivity index (χ0n) is 55.9. The molecule has 0 aromatic heterocycles. The van der Waals surface area contributed by atoms with Crippen LogP contribution in [0.2, 0.25) is 0 Å². The van der Waals surface area contributed by atoms with Gasteiger partial charge in [0.25, 0.3) is 0 Å². The molecule has 3 unspecified atom stereocenters.